The van der Waals surface area contributed by atoms with Crippen LogP contribution in [0.3, 0.4) is 0 Å². The van der Waals surface area contributed by atoms with Crippen LogP contribution in [-0.2, 0) is 14.8 Å². The van der Waals surface area contributed by atoms with Crippen molar-refractivity contribution < 1.29 is 13.2 Å². The highest BCUT2D eigenvalue weighted by molar-refractivity contribution is 7.89. The van der Waals surface area contributed by atoms with Gasteiger partial charge in [-0.05, 0) is 50.3 Å². The minimum Gasteiger partial charge on any atom is -0.376 e. The van der Waals surface area contributed by atoms with Gasteiger partial charge in [0.15, 0.2) is 0 Å². The lowest BCUT2D eigenvalue weighted by atomic mass is 9.81. The van der Waals surface area contributed by atoms with Crippen molar-refractivity contribution in [3.63, 3.8) is 0 Å². The molecule has 0 spiro atoms. The zero-order chi connectivity index (χ0) is 21.8. The Bertz CT molecular complexity index is 911. The highest BCUT2D eigenvalue weighted by atomic mass is 32.2. The minimum absolute atomic E-state index is 0.0218. The molecule has 1 saturated heterocycles. The van der Waals surface area contributed by atoms with Gasteiger partial charge < -0.3 is 10.2 Å². The SMILES string of the molecule is Cc1ccc(S(=O)(=O)N2CCCCC2)cc1NCC(=O)N(C)C1(C#N)CCCCC1. The van der Waals surface area contributed by atoms with Gasteiger partial charge in [-0.3, -0.25) is 4.79 Å². The number of nitrogens with zero attached hydrogens (tertiary/aromatic N) is 3. The Morgan fingerprint density at radius 1 is 1.17 bits per heavy atom. The number of likely N-dealkylation sites (N-methyl/N-ethyl adjacent to an activating group) is 1. The molecule has 0 aromatic heterocycles. The predicted molar refractivity (Wildman–Crippen MR) is 116 cm³/mol. The van der Waals surface area contributed by atoms with Crippen molar-refractivity contribution in [2.24, 2.45) is 0 Å². The lowest BCUT2D eigenvalue weighted by Crippen LogP contribution is -2.51. The average Bonchev–Trinajstić information content (AvgIpc) is 2.78. The van der Waals surface area contributed by atoms with Crippen LogP contribution in [-0.4, -0.2) is 55.8 Å². The van der Waals surface area contributed by atoms with E-state index in [1.165, 1.54) is 0 Å². The van der Waals surface area contributed by atoms with Gasteiger partial charge in [-0.1, -0.05) is 31.7 Å². The molecule has 1 aromatic carbocycles. The summed E-state index contributed by atoms with van der Waals surface area (Å²) >= 11 is 0. The van der Waals surface area contributed by atoms with Gasteiger partial charge in [0.05, 0.1) is 17.5 Å². The van der Waals surface area contributed by atoms with Crippen molar-refractivity contribution in [2.45, 2.75) is 68.7 Å². The van der Waals surface area contributed by atoms with Crippen molar-refractivity contribution in [3.05, 3.63) is 23.8 Å². The lowest BCUT2D eigenvalue weighted by Gasteiger charge is -2.39. The number of carbonyl (C=O) groups is 1. The molecule has 0 bridgehead atoms. The Morgan fingerprint density at radius 3 is 2.43 bits per heavy atom. The smallest absolute Gasteiger partial charge is 0.243 e. The molecular formula is C22H32N4O3S. The number of carbonyl (C=O) groups excluding carboxylic acids is 1. The van der Waals surface area contributed by atoms with Crippen LogP contribution in [0.25, 0.3) is 0 Å². The number of anilines is 1. The van der Waals surface area contributed by atoms with E-state index in [-0.39, 0.29) is 17.3 Å². The zero-order valence-corrected chi connectivity index (χ0v) is 18.8. The van der Waals surface area contributed by atoms with E-state index in [2.05, 4.69) is 11.4 Å². The first-order valence-corrected chi connectivity index (χ1v) is 12.3. The molecule has 164 valence electrons. The van der Waals surface area contributed by atoms with Crippen molar-refractivity contribution in [2.75, 3.05) is 32.0 Å². The summed E-state index contributed by atoms with van der Waals surface area (Å²) in [5.74, 6) is -0.165. The summed E-state index contributed by atoms with van der Waals surface area (Å²) < 4.78 is 27.5. The second-order valence-electron chi connectivity index (χ2n) is 8.45. The molecular weight excluding hydrogens is 400 g/mol. The Hall–Kier alpha value is -2.11. The summed E-state index contributed by atoms with van der Waals surface area (Å²) in [4.78, 5) is 14.6. The molecule has 1 aliphatic heterocycles. The number of amides is 1. The van der Waals surface area contributed by atoms with Gasteiger partial charge in [0.2, 0.25) is 15.9 Å². The van der Waals surface area contributed by atoms with Gasteiger partial charge in [-0.2, -0.15) is 9.57 Å². The van der Waals surface area contributed by atoms with E-state index in [0.29, 0.717) is 31.6 Å². The van der Waals surface area contributed by atoms with Crippen LogP contribution in [0, 0.1) is 18.3 Å². The number of piperidine rings is 1. The topological polar surface area (TPSA) is 93.5 Å². The summed E-state index contributed by atoms with van der Waals surface area (Å²) in [5, 5.41) is 12.8. The standard InChI is InChI=1S/C22H32N4O3S/c1-18-9-10-19(30(28,29)26-13-7-4-8-14-26)15-20(18)24-16-21(27)25(2)22(17-23)11-5-3-6-12-22/h9-10,15,24H,3-8,11-14,16H2,1-2H3. The van der Waals surface area contributed by atoms with Gasteiger partial charge in [-0.15, -0.1) is 0 Å². The maximum absolute atomic E-state index is 13.0. The van der Waals surface area contributed by atoms with Crippen molar-refractivity contribution >= 4 is 21.6 Å². The van der Waals surface area contributed by atoms with Gasteiger partial charge in [0.25, 0.3) is 0 Å². The third-order valence-electron chi connectivity index (χ3n) is 6.50. The highest BCUT2D eigenvalue weighted by Crippen LogP contribution is 2.32. The fourth-order valence-corrected chi connectivity index (χ4v) is 5.94. The molecule has 1 amide bonds. The van der Waals surface area contributed by atoms with E-state index in [1.54, 1.807) is 34.5 Å². The van der Waals surface area contributed by atoms with Crippen molar-refractivity contribution in [1.82, 2.24) is 9.21 Å². The largest absolute Gasteiger partial charge is 0.376 e. The molecule has 1 aliphatic carbocycles. The number of nitrogens with one attached hydrogen (secondary N) is 1. The Labute approximate surface area is 180 Å². The van der Waals surface area contributed by atoms with Crippen LogP contribution in [0.4, 0.5) is 5.69 Å². The quantitative estimate of drug-likeness (QED) is 0.745. The average molecular weight is 433 g/mol. The number of benzene rings is 1. The molecule has 0 radical (unpaired) electrons. The molecule has 3 rings (SSSR count). The third kappa shape index (κ3) is 4.62. The van der Waals surface area contributed by atoms with E-state index < -0.39 is 15.6 Å². The molecule has 7 nitrogen and oxygen atoms in total. The first kappa shape index (κ1) is 22.6. The second kappa shape index (κ2) is 9.36. The molecule has 0 unspecified atom stereocenters. The minimum atomic E-state index is -3.53. The fourth-order valence-electron chi connectivity index (χ4n) is 4.39. The first-order chi connectivity index (χ1) is 14.3. The summed E-state index contributed by atoms with van der Waals surface area (Å²) in [5.41, 5.74) is 0.770. The van der Waals surface area contributed by atoms with Gasteiger partial charge >= 0.3 is 0 Å². The Balaban J connectivity index is 1.71. The first-order valence-electron chi connectivity index (χ1n) is 10.8. The summed E-state index contributed by atoms with van der Waals surface area (Å²) in [7, 11) is -1.84. The fraction of sp³-hybridized carbons (Fsp3) is 0.636. The monoisotopic (exact) mass is 432 g/mol. The van der Waals surface area contributed by atoms with Crippen LogP contribution in [0.1, 0.15) is 56.9 Å². The Morgan fingerprint density at radius 2 is 1.80 bits per heavy atom. The molecule has 30 heavy (non-hydrogen) atoms. The number of nitriles is 1. The molecule has 1 saturated carbocycles. The molecule has 8 heteroatoms. The van der Waals surface area contributed by atoms with E-state index in [9.17, 15) is 18.5 Å². The second-order valence-corrected chi connectivity index (χ2v) is 10.4. The molecule has 1 heterocycles. The molecule has 1 N–H and O–H groups in total. The summed E-state index contributed by atoms with van der Waals surface area (Å²) in [6.45, 7) is 3.01. The number of hydrogen-bond acceptors (Lipinski definition) is 5. The molecule has 2 fully saturated rings. The molecule has 0 atom stereocenters. The Kier molecular flexibility index (Phi) is 7.04. The molecule has 1 aromatic rings. The normalized spacial score (nSPS) is 19.6. The van der Waals surface area contributed by atoms with Crippen LogP contribution in [0.2, 0.25) is 0 Å². The maximum Gasteiger partial charge on any atom is 0.243 e. The summed E-state index contributed by atoms with van der Waals surface area (Å²) in [6.07, 6.45) is 7.24. The van der Waals surface area contributed by atoms with Gasteiger partial charge in [-0.25, -0.2) is 8.42 Å². The van der Waals surface area contributed by atoms with Crippen molar-refractivity contribution in [1.29, 1.82) is 5.26 Å². The van der Waals surface area contributed by atoms with E-state index >= 15 is 0 Å². The predicted octanol–water partition coefficient (Wildman–Crippen LogP) is 3.27. The van der Waals surface area contributed by atoms with Crippen LogP contribution in [0.15, 0.2) is 23.1 Å². The number of sulfonamides is 1. The van der Waals surface area contributed by atoms with Crippen LogP contribution >= 0.6 is 0 Å². The number of aryl methyl sites for hydroxylation is 1. The number of rotatable bonds is 6. The third-order valence-corrected chi connectivity index (χ3v) is 8.39. The van der Waals surface area contributed by atoms with Gasteiger partial charge in [0, 0.05) is 25.8 Å². The highest BCUT2D eigenvalue weighted by Gasteiger charge is 2.38. The van der Waals surface area contributed by atoms with E-state index in [4.69, 9.17) is 0 Å². The zero-order valence-electron chi connectivity index (χ0n) is 18.0. The van der Waals surface area contributed by atoms with E-state index in [0.717, 1.165) is 44.1 Å². The summed E-state index contributed by atoms with van der Waals surface area (Å²) in [6, 6.07) is 7.38. The maximum atomic E-state index is 13.0. The van der Waals surface area contributed by atoms with Gasteiger partial charge in [0.1, 0.15) is 5.54 Å². The van der Waals surface area contributed by atoms with E-state index in [1.807, 2.05) is 6.92 Å². The van der Waals surface area contributed by atoms with Crippen molar-refractivity contribution in [3.8, 4) is 6.07 Å². The number of hydrogen-bond donors (Lipinski definition) is 1. The molecule has 2 aliphatic rings. The lowest BCUT2D eigenvalue weighted by molar-refractivity contribution is -0.132. The van der Waals surface area contributed by atoms with Crippen LogP contribution < -0.4 is 5.32 Å². The van der Waals surface area contributed by atoms with Crippen LogP contribution in [0.5, 0.6) is 0 Å².